The van der Waals surface area contributed by atoms with Crippen LogP contribution in [0.25, 0.3) is 0 Å². The minimum Gasteiger partial charge on any atom is -0.481 e. The molecule has 2 rings (SSSR count). The molecule has 0 radical (unpaired) electrons. The number of hydrogen-bond donors (Lipinski definition) is 2. The number of nitrogens with zero attached hydrogens (tertiary/aromatic N) is 1. The van der Waals surface area contributed by atoms with Crippen LogP contribution in [-0.2, 0) is 9.59 Å². The van der Waals surface area contributed by atoms with E-state index in [0.29, 0.717) is 30.8 Å². The van der Waals surface area contributed by atoms with Crippen LogP contribution >= 0.6 is 15.9 Å². The van der Waals surface area contributed by atoms with Crippen LogP contribution in [-0.4, -0.2) is 30.0 Å². The van der Waals surface area contributed by atoms with Crippen LogP contribution in [0.15, 0.2) is 21.7 Å². The number of amides is 1. The van der Waals surface area contributed by atoms with Crippen LogP contribution in [0.1, 0.15) is 44.1 Å². The number of fused-ring (bicyclic) bond motifs is 1. The molecule has 24 heavy (non-hydrogen) atoms. The minimum absolute atomic E-state index is 0.165. The Kier molecular flexibility index (Phi) is 7.05. The maximum Gasteiger partial charge on any atom is 0.303 e. The number of hydrogen-bond acceptors (Lipinski definition) is 5. The zero-order chi connectivity index (χ0) is 17.4. The SMILES string of the molecule is O=C(O)CCCCCCC(=O)N/N=C/c1cc2c(cc1Br)OCO2. The van der Waals surface area contributed by atoms with E-state index in [1.165, 1.54) is 6.21 Å². The summed E-state index contributed by atoms with van der Waals surface area (Å²) in [6.45, 7) is 0.200. The molecular weight excluding hydrogens is 380 g/mol. The zero-order valence-corrected chi connectivity index (χ0v) is 14.7. The molecule has 2 N–H and O–H groups in total. The summed E-state index contributed by atoms with van der Waals surface area (Å²) >= 11 is 3.41. The number of nitrogens with one attached hydrogen (secondary N) is 1. The lowest BCUT2D eigenvalue weighted by molar-refractivity contribution is -0.137. The highest BCUT2D eigenvalue weighted by Gasteiger charge is 2.15. The van der Waals surface area contributed by atoms with Gasteiger partial charge in [0.25, 0.3) is 0 Å². The maximum atomic E-state index is 11.7. The summed E-state index contributed by atoms with van der Waals surface area (Å²) < 4.78 is 11.4. The number of hydrazone groups is 1. The van der Waals surface area contributed by atoms with Gasteiger partial charge in [0.15, 0.2) is 11.5 Å². The van der Waals surface area contributed by atoms with Gasteiger partial charge in [0.2, 0.25) is 12.7 Å². The van der Waals surface area contributed by atoms with Crippen molar-refractivity contribution in [3.63, 3.8) is 0 Å². The van der Waals surface area contributed by atoms with Crippen LogP contribution in [0.5, 0.6) is 11.5 Å². The Hall–Kier alpha value is -2.09. The second kappa shape index (κ2) is 9.27. The normalized spacial score (nSPS) is 12.5. The molecule has 0 saturated carbocycles. The van der Waals surface area contributed by atoms with Gasteiger partial charge >= 0.3 is 5.97 Å². The number of benzene rings is 1. The molecule has 0 fully saturated rings. The summed E-state index contributed by atoms with van der Waals surface area (Å²) in [7, 11) is 0. The van der Waals surface area contributed by atoms with Crippen molar-refractivity contribution in [1.82, 2.24) is 5.43 Å². The number of halogens is 1. The molecule has 0 bridgehead atoms. The fraction of sp³-hybridized carbons (Fsp3) is 0.438. The molecule has 130 valence electrons. The number of carboxylic acids is 1. The fourth-order valence-electron chi connectivity index (χ4n) is 2.18. The molecule has 1 amide bonds. The Morgan fingerprint density at radius 2 is 1.83 bits per heavy atom. The Bertz CT molecular complexity index is 633. The lowest BCUT2D eigenvalue weighted by Crippen LogP contribution is -2.16. The molecule has 1 aromatic rings. The first-order valence-electron chi connectivity index (χ1n) is 7.69. The average molecular weight is 399 g/mol. The van der Waals surface area contributed by atoms with Crippen molar-refractivity contribution in [1.29, 1.82) is 0 Å². The third-order valence-electron chi connectivity index (χ3n) is 3.43. The van der Waals surface area contributed by atoms with E-state index in [1.807, 2.05) is 0 Å². The van der Waals surface area contributed by atoms with E-state index in [-0.39, 0.29) is 19.1 Å². The fourth-order valence-corrected chi connectivity index (χ4v) is 2.60. The highest BCUT2D eigenvalue weighted by atomic mass is 79.9. The molecule has 0 unspecified atom stereocenters. The molecule has 1 aliphatic heterocycles. The third kappa shape index (κ3) is 5.84. The van der Waals surface area contributed by atoms with Crippen molar-refractivity contribution >= 4 is 34.0 Å². The number of ether oxygens (including phenoxy) is 2. The van der Waals surface area contributed by atoms with Gasteiger partial charge in [-0.15, -0.1) is 0 Å². The predicted octanol–water partition coefficient (Wildman–Crippen LogP) is 3.05. The highest BCUT2D eigenvalue weighted by Crippen LogP contribution is 2.36. The van der Waals surface area contributed by atoms with E-state index < -0.39 is 5.97 Å². The van der Waals surface area contributed by atoms with Crippen LogP contribution in [0, 0.1) is 0 Å². The molecule has 1 heterocycles. The van der Waals surface area contributed by atoms with Crippen molar-refractivity contribution in [3.8, 4) is 11.5 Å². The monoisotopic (exact) mass is 398 g/mol. The molecule has 0 aliphatic carbocycles. The topological polar surface area (TPSA) is 97.2 Å². The highest BCUT2D eigenvalue weighted by molar-refractivity contribution is 9.10. The summed E-state index contributed by atoms with van der Waals surface area (Å²) in [4.78, 5) is 22.0. The van der Waals surface area contributed by atoms with E-state index in [0.717, 1.165) is 22.9 Å². The lowest BCUT2D eigenvalue weighted by Gasteiger charge is -2.02. The molecule has 0 saturated heterocycles. The standard InChI is InChI=1S/C16H19BrN2O5/c17-12-8-14-13(23-10-24-14)7-11(12)9-18-19-15(20)5-3-1-2-4-6-16(21)22/h7-9H,1-6,10H2,(H,19,20)(H,21,22)/b18-9+. The molecule has 0 atom stereocenters. The van der Waals surface area contributed by atoms with Gasteiger partial charge < -0.3 is 14.6 Å². The van der Waals surface area contributed by atoms with Crippen molar-refractivity contribution in [2.75, 3.05) is 6.79 Å². The van der Waals surface area contributed by atoms with Crippen LogP contribution < -0.4 is 14.9 Å². The molecular formula is C16H19BrN2O5. The molecule has 1 aliphatic rings. The second-order valence-electron chi connectivity index (χ2n) is 5.33. The van der Waals surface area contributed by atoms with Gasteiger partial charge in [-0.25, -0.2) is 5.43 Å². The van der Waals surface area contributed by atoms with Gasteiger partial charge in [-0.1, -0.05) is 12.8 Å². The van der Waals surface area contributed by atoms with Gasteiger partial charge in [-0.3, -0.25) is 9.59 Å². The quantitative estimate of drug-likeness (QED) is 0.378. The number of unbranched alkanes of at least 4 members (excludes halogenated alkanes) is 3. The molecule has 0 spiro atoms. The van der Waals surface area contributed by atoms with E-state index >= 15 is 0 Å². The van der Waals surface area contributed by atoms with Crippen molar-refractivity contribution < 1.29 is 24.2 Å². The zero-order valence-electron chi connectivity index (χ0n) is 13.1. The summed E-state index contributed by atoms with van der Waals surface area (Å²) in [5, 5.41) is 12.5. The van der Waals surface area contributed by atoms with Gasteiger partial charge in [0.1, 0.15) is 0 Å². The van der Waals surface area contributed by atoms with Gasteiger partial charge in [0, 0.05) is 22.9 Å². The van der Waals surface area contributed by atoms with Crippen LogP contribution in [0.4, 0.5) is 0 Å². The van der Waals surface area contributed by atoms with Gasteiger partial charge in [0.05, 0.1) is 6.21 Å². The Morgan fingerprint density at radius 3 is 2.54 bits per heavy atom. The predicted molar refractivity (Wildman–Crippen MR) is 91.3 cm³/mol. The Labute approximate surface area is 148 Å². The van der Waals surface area contributed by atoms with E-state index in [1.54, 1.807) is 12.1 Å². The van der Waals surface area contributed by atoms with E-state index in [4.69, 9.17) is 14.6 Å². The number of rotatable bonds is 9. The van der Waals surface area contributed by atoms with Crippen molar-refractivity contribution in [3.05, 3.63) is 22.2 Å². The smallest absolute Gasteiger partial charge is 0.303 e. The molecule has 0 aromatic heterocycles. The number of carbonyl (C=O) groups is 2. The summed E-state index contributed by atoms with van der Waals surface area (Å²) in [6, 6.07) is 3.58. The first kappa shape index (κ1) is 18.3. The minimum atomic E-state index is -0.781. The number of carboxylic acid groups (broad SMARTS) is 1. The Balaban J connectivity index is 1.68. The maximum absolute atomic E-state index is 11.7. The van der Waals surface area contributed by atoms with Crippen molar-refractivity contribution in [2.45, 2.75) is 38.5 Å². The lowest BCUT2D eigenvalue weighted by atomic mass is 10.1. The van der Waals surface area contributed by atoms with E-state index in [9.17, 15) is 9.59 Å². The van der Waals surface area contributed by atoms with Crippen LogP contribution in [0.2, 0.25) is 0 Å². The first-order chi connectivity index (χ1) is 11.6. The summed E-state index contributed by atoms with van der Waals surface area (Å²) in [5.74, 6) is 0.372. The first-order valence-corrected chi connectivity index (χ1v) is 8.48. The van der Waals surface area contributed by atoms with E-state index in [2.05, 4.69) is 26.5 Å². The van der Waals surface area contributed by atoms with Crippen LogP contribution in [0.3, 0.4) is 0 Å². The van der Waals surface area contributed by atoms with Gasteiger partial charge in [-0.2, -0.15) is 5.10 Å². The average Bonchev–Trinajstić information content (AvgIpc) is 2.97. The third-order valence-corrected chi connectivity index (χ3v) is 4.12. The number of aliphatic carboxylic acids is 1. The second-order valence-corrected chi connectivity index (χ2v) is 6.18. The van der Waals surface area contributed by atoms with Gasteiger partial charge in [-0.05, 0) is 40.9 Å². The summed E-state index contributed by atoms with van der Waals surface area (Å²) in [6.07, 6.45) is 5.09. The van der Waals surface area contributed by atoms with Crippen molar-refractivity contribution in [2.24, 2.45) is 5.10 Å². The number of carbonyl (C=O) groups excluding carboxylic acids is 1. The molecule has 7 nitrogen and oxygen atoms in total. The molecule has 1 aromatic carbocycles. The molecule has 8 heteroatoms. The summed E-state index contributed by atoms with van der Waals surface area (Å²) in [5.41, 5.74) is 3.25. The largest absolute Gasteiger partial charge is 0.481 e. The Morgan fingerprint density at radius 1 is 1.17 bits per heavy atom.